The predicted molar refractivity (Wildman–Crippen MR) is 151 cm³/mol. The Labute approximate surface area is 228 Å². The molecule has 1 unspecified atom stereocenters. The zero-order valence-corrected chi connectivity index (χ0v) is 23.1. The fraction of sp³-hybridized carbons (Fsp3) is 0.533. The Kier molecular flexibility index (Phi) is 8.29. The number of fused-ring (bicyclic) bond motifs is 2. The molecule has 6 nitrogen and oxygen atoms in total. The number of amides is 2. The minimum atomic E-state index is -0.690. The zero-order valence-electron chi connectivity index (χ0n) is 22.3. The summed E-state index contributed by atoms with van der Waals surface area (Å²) in [7, 11) is 0. The van der Waals surface area contributed by atoms with Crippen LogP contribution in [0.4, 0.5) is 15.8 Å². The first-order valence-corrected chi connectivity index (χ1v) is 15.1. The van der Waals surface area contributed by atoms with Crippen molar-refractivity contribution in [1.82, 2.24) is 5.32 Å². The van der Waals surface area contributed by atoms with Gasteiger partial charge in [0.05, 0.1) is 0 Å². The van der Waals surface area contributed by atoms with Gasteiger partial charge in [0.1, 0.15) is 11.9 Å². The molecule has 1 saturated carbocycles. The first kappa shape index (κ1) is 27.0. The molecule has 1 saturated heterocycles. The van der Waals surface area contributed by atoms with E-state index in [9.17, 15) is 9.59 Å². The summed E-state index contributed by atoms with van der Waals surface area (Å²) in [4.78, 5) is 26.9. The molecule has 0 radical (unpaired) electrons. The highest BCUT2D eigenvalue weighted by Crippen LogP contribution is 2.46. The van der Waals surface area contributed by atoms with Crippen LogP contribution in [0.5, 0.6) is 0 Å². The average Bonchev–Trinajstić information content (AvgIpc) is 3.26. The molecule has 1 aliphatic carbocycles. The summed E-state index contributed by atoms with van der Waals surface area (Å²) in [6.45, 7) is 4.16. The number of benzene rings is 2. The second-order valence-electron chi connectivity index (χ2n) is 11.2. The van der Waals surface area contributed by atoms with Gasteiger partial charge >= 0.3 is 0 Å². The van der Waals surface area contributed by atoms with Gasteiger partial charge in [-0.05, 0) is 73.6 Å². The van der Waals surface area contributed by atoms with Crippen LogP contribution in [0.2, 0.25) is 0 Å². The maximum Gasteiger partial charge on any atom is 0.251 e. The van der Waals surface area contributed by atoms with Crippen molar-refractivity contribution in [3.05, 3.63) is 58.9 Å². The lowest BCUT2D eigenvalue weighted by Crippen LogP contribution is -2.49. The van der Waals surface area contributed by atoms with Gasteiger partial charge in [-0.3, -0.25) is 9.59 Å². The lowest BCUT2D eigenvalue weighted by Gasteiger charge is -2.33. The molecule has 1 atom stereocenters. The minimum absolute atomic E-state index is 0.0347. The molecule has 3 aliphatic rings. The highest BCUT2D eigenvalue weighted by atomic mass is 32.2. The maximum atomic E-state index is 15.5. The molecule has 3 N–H and O–H groups in total. The molecule has 2 heterocycles. The van der Waals surface area contributed by atoms with Crippen molar-refractivity contribution in [2.24, 2.45) is 11.8 Å². The molecule has 5 rings (SSSR count). The highest BCUT2D eigenvalue weighted by Gasteiger charge is 2.43. The van der Waals surface area contributed by atoms with E-state index in [2.05, 4.69) is 22.9 Å². The number of halogens is 1. The van der Waals surface area contributed by atoms with Crippen LogP contribution in [0.3, 0.4) is 0 Å². The van der Waals surface area contributed by atoms with E-state index >= 15 is 4.39 Å². The number of nitrogens with one attached hydrogen (secondary N) is 3. The van der Waals surface area contributed by atoms with Gasteiger partial charge in [-0.25, -0.2) is 4.39 Å². The lowest BCUT2D eigenvalue weighted by atomic mass is 9.75. The van der Waals surface area contributed by atoms with Crippen LogP contribution in [0.15, 0.2) is 36.4 Å². The number of hydrogen-bond acceptors (Lipinski definition) is 5. The summed E-state index contributed by atoms with van der Waals surface area (Å²) in [5.74, 6) is 0.613. The number of anilines is 2. The molecule has 2 aromatic rings. The number of thioether (sulfide) groups is 1. The van der Waals surface area contributed by atoms with Crippen LogP contribution in [0.25, 0.3) is 0 Å². The monoisotopic (exact) mass is 539 g/mol. The van der Waals surface area contributed by atoms with Gasteiger partial charge in [0, 0.05) is 53.4 Å². The van der Waals surface area contributed by atoms with Crippen molar-refractivity contribution in [1.29, 1.82) is 0 Å². The highest BCUT2D eigenvalue weighted by molar-refractivity contribution is 7.97. The molecule has 204 valence electrons. The molecule has 2 fully saturated rings. The van der Waals surface area contributed by atoms with Gasteiger partial charge in [-0.1, -0.05) is 31.9 Å². The normalized spacial score (nSPS) is 22.8. The summed E-state index contributed by atoms with van der Waals surface area (Å²) in [6, 6.07) is 10.1. The van der Waals surface area contributed by atoms with Gasteiger partial charge in [-0.2, -0.15) is 11.8 Å². The first-order chi connectivity index (χ1) is 18.4. The van der Waals surface area contributed by atoms with Crippen molar-refractivity contribution in [2.75, 3.05) is 36.6 Å². The van der Waals surface area contributed by atoms with Crippen LogP contribution < -0.4 is 16.0 Å². The number of ether oxygens (including phenoxy) is 1. The van der Waals surface area contributed by atoms with E-state index in [1.165, 1.54) is 6.07 Å². The van der Waals surface area contributed by atoms with Crippen LogP contribution in [-0.2, 0) is 20.7 Å². The predicted octanol–water partition coefficient (Wildman–Crippen LogP) is 5.73. The first-order valence-electron chi connectivity index (χ1n) is 13.7. The van der Waals surface area contributed by atoms with Crippen molar-refractivity contribution >= 4 is 35.0 Å². The van der Waals surface area contributed by atoms with Crippen molar-refractivity contribution in [2.45, 2.75) is 62.7 Å². The molecule has 2 aliphatic heterocycles. The molecular formula is C30H38FN3O3S. The quantitative estimate of drug-likeness (QED) is 0.419. The standard InChI is InChI=1S/C30H38FN3O3S/c1-19-6-8-21(9-7-19)27(34-28(35)22-5-3-4-20(14-22)17-38-2)29(36)33-23-15-24(31)26-25(16-23)32-18-30(26)10-12-37-13-11-30/h3-5,14-16,19,21,27,32H,6-13,17-18H2,1-2H3,(H,33,36)(H,34,35). The van der Waals surface area contributed by atoms with Crippen LogP contribution in [-0.4, -0.2) is 43.9 Å². The topological polar surface area (TPSA) is 79.5 Å². The number of carbonyl (C=O) groups is 2. The van der Waals surface area contributed by atoms with Crippen molar-refractivity contribution in [3.8, 4) is 0 Å². The van der Waals surface area contributed by atoms with Crippen LogP contribution in [0.1, 0.15) is 66.9 Å². The van der Waals surface area contributed by atoms with E-state index < -0.39 is 6.04 Å². The summed E-state index contributed by atoms with van der Waals surface area (Å²) in [5, 5.41) is 9.34. The second-order valence-corrected chi connectivity index (χ2v) is 12.1. The van der Waals surface area contributed by atoms with Gasteiger partial charge < -0.3 is 20.7 Å². The maximum absolute atomic E-state index is 15.5. The molecule has 8 heteroatoms. The Morgan fingerprint density at radius 1 is 1.16 bits per heavy atom. The minimum Gasteiger partial charge on any atom is -0.384 e. The third kappa shape index (κ3) is 5.71. The zero-order chi connectivity index (χ0) is 26.7. The molecule has 1 spiro atoms. The third-order valence-corrected chi connectivity index (χ3v) is 9.18. The van der Waals surface area contributed by atoms with E-state index in [1.807, 2.05) is 30.5 Å². The Balaban J connectivity index is 1.35. The Morgan fingerprint density at radius 2 is 1.92 bits per heavy atom. The van der Waals surface area contributed by atoms with Gasteiger partial charge in [0.25, 0.3) is 5.91 Å². The van der Waals surface area contributed by atoms with E-state index in [1.54, 1.807) is 17.8 Å². The number of carbonyl (C=O) groups excluding carboxylic acids is 2. The summed E-state index contributed by atoms with van der Waals surface area (Å²) < 4.78 is 21.0. The Hall–Kier alpha value is -2.58. The molecular weight excluding hydrogens is 501 g/mol. The number of hydrogen-bond donors (Lipinski definition) is 3. The van der Waals surface area contributed by atoms with Gasteiger partial charge in [0.2, 0.25) is 5.91 Å². The van der Waals surface area contributed by atoms with E-state index in [-0.39, 0.29) is 29.0 Å². The lowest BCUT2D eigenvalue weighted by molar-refractivity contribution is -0.119. The molecule has 0 bridgehead atoms. The average molecular weight is 540 g/mol. The smallest absolute Gasteiger partial charge is 0.251 e. The fourth-order valence-electron chi connectivity index (χ4n) is 6.33. The van der Waals surface area contributed by atoms with Crippen molar-refractivity contribution < 1.29 is 18.7 Å². The SMILES string of the molecule is CSCc1cccc(C(=O)NC(C(=O)Nc2cc(F)c3c(c2)NCC32CCOCC2)C2CCC(C)CC2)c1. The fourth-order valence-corrected chi connectivity index (χ4v) is 6.84. The number of rotatable bonds is 7. The van der Waals surface area contributed by atoms with Crippen molar-refractivity contribution in [3.63, 3.8) is 0 Å². The second kappa shape index (κ2) is 11.7. The van der Waals surface area contributed by atoms with Gasteiger partial charge in [-0.15, -0.1) is 0 Å². The molecule has 2 amide bonds. The van der Waals surface area contributed by atoms with Crippen LogP contribution >= 0.6 is 11.8 Å². The van der Waals surface area contributed by atoms with E-state index in [0.717, 1.165) is 55.5 Å². The Bertz CT molecular complexity index is 1180. The molecule has 0 aromatic heterocycles. The summed E-state index contributed by atoms with van der Waals surface area (Å²) in [6.07, 6.45) is 7.38. The largest absolute Gasteiger partial charge is 0.384 e. The third-order valence-electron chi connectivity index (χ3n) is 8.56. The molecule has 2 aromatic carbocycles. The van der Waals surface area contributed by atoms with E-state index in [0.29, 0.717) is 42.5 Å². The molecule has 38 heavy (non-hydrogen) atoms. The summed E-state index contributed by atoms with van der Waals surface area (Å²) in [5.41, 5.74) is 3.22. The Morgan fingerprint density at radius 3 is 2.66 bits per heavy atom. The summed E-state index contributed by atoms with van der Waals surface area (Å²) >= 11 is 1.70. The van der Waals surface area contributed by atoms with Crippen LogP contribution in [0, 0.1) is 17.7 Å². The van der Waals surface area contributed by atoms with Gasteiger partial charge in [0.15, 0.2) is 0 Å². The van der Waals surface area contributed by atoms with E-state index in [4.69, 9.17) is 4.74 Å².